The van der Waals surface area contributed by atoms with E-state index in [9.17, 15) is 9.13 Å². The summed E-state index contributed by atoms with van der Waals surface area (Å²) in [6, 6.07) is 0. The van der Waals surface area contributed by atoms with Gasteiger partial charge in [0.2, 0.25) is 0 Å². The van der Waals surface area contributed by atoms with Crippen LogP contribution in [0.2, 0.25) is 0 Å². The van der Waals surface area contributed by atoms with E-state index in [4.69, 9.17) is 18.1 Å². The van der Waals surface area contributed by atoms with Gasteiger partial charge in [0, 0.05) is 11.5 Å². The molecule has 26 heavy (non-hydrogen) atoms. The molecule has 0 N–H and O–H groups in total. The molecule has 0 saturated carbocycles. The van der Waals surface area contributed by atoms with Crippen molar-refractivity contribution in [3.05, 3.63) is 0 Å². The second kappa shape index (κ2) is 16.9. The fraction of sp³-hybridized carbons (Fsp3) is 1.00. The van der Waals surface area contributed by atoms with E-state index < -0.39 is 13.6 Å². The van der Waals surface area contributed by atoms with Gasteiger partial charge < -0.3 is 18.1 Å². The lowest BCUT2D eigenvalue weighted by molar-refractivity contribution is 0.236. The minimum atomic E-state index is -2.95. The van der Waals surface area contributed by atoms with E-state index in [1.165, 1.54) is 22.8 Å². The molecule has 10 heteroatoms. The molecular formula is C16H36O6P2S2. The fourth-order valence-corrected chi connectivity index (χ4v) is 9.22. The third kappa shape index (κ3) is 14.1. The zero-order valence-corrected chi connectivity index (χ0v) is 20.1. The van der Waals surface area contributed by atoms with Gasteiger partial charge in [-0.25, -0.2) is 9.13 Å². The number of hydrogen-bond acceptors (Lipinski definition) is 8. The van der Waals surface area contributed by atoms with Gasteiger partial charge in [0.1, 0.15) is 0 Å². The molecule has 0 saturated heterocycles. The molecule has 0 unspecified atom stereocenters. The third-order valence-electron chi connectivity index (χ3n) is 3.19. The van der Waals surface area contributed by atoms with Crippen molar-refractivity contribution in [3.63, 3.8) is 0 Å². The van der Waals surface area contributed by atoms with Crippen molar-refractivity contribution >= 4 is 36.4 Å². The summed E-state index contributed by atoms with van der Waals surface area (Å²) >= 11 is 2.61. The smallest absolute Gasteiger partial charge is 0.301 e. The summed E-state index contributed by atoms with van der Waals surface area (Å²) < 4.78 is 45.6. The molecular weight excluding hydrogens is 414 g/mol. The average molecular weight is 451 g/mol. The molecule has 0 heterocycles. The van der Waals surface area contributed by atoms with Gasteiger partial charge in [-0.05, 0) is 63.3 Å². The Labute approximate surface area is 167 Å². The van der Waals surface area contributed by atoms with Crippen molar-refractivity contribution in [2.75, 3.05) is 37.9 Å². The highest BCUT2D eigenvalue weighted by molar-refractivity contribution is 8.55. The van der Waals surface area contributed by atoms with E-state index in [1.54, 1.807) is 0 Å². The predicted octanol–water partition coefficient (Wildman–Crippen LogP) is 7.16. The Hall–Kier alpha value is 1.00. The molecule has 0 aliphatic heterocycles. The molecule has 0 aromatic carbocycles. The predicted molar refractivity (Wildman–Crippen MR) is 114 cm³/mol. The molecule has 0 atom stereocenters. The Kier molecular flexibility index (Phi) is 17.6. The lowest BCUT2D eigenvalue weighted by Gasteiger charge is -2.15. The summed E-state index contributed by atoms with van der Waals surface area (Å²) in [5.41, 5.74) is 0. The first-order valence-corrected chi connectivity index (χ1v) is 15.8. The SMILES string of the molecule is CCOP(=O)(OCC)SCCCCCCCCSP(=O)(OCC)OCC. The number of unbranched alkanes of at least 4 members (excludes halogenated alkanes) is 5. The summed E-state index contributed by atoms with van der Waals surface area (Å²) in [6.07, 6.45) is 6.52. The molecule has 6 nitrogen and oxygen atoms in total. The first kappa shape index (κ1) is 27.0. The van der Waals surface area contributed by atoms with Crippen molar-refractivity contribution in [2.24, 2.45) is 0 Å². The monoisotopic (exact) mass is 450 g/mol. The van der Waals surface area contributed by atoms with Crippen molar-refractivity contribution in [2.45, 2.75) is 66.2 Å². The van der Waals surface area contributed by atoms with E-state index in [0.29, 0.717) is 26.4 Å². The van der Waals surface area contributed by atoms with Crippen LogP contribution < -0.4 is 0 Å². The van der Waals surface area contributed by atoms with Crippen molar-refractivity contribution < 1.29 is 27.2 Å². The van der Waals surface area contributed by atoms with E-state index in [-0.39, 0.29) is 0 Å². The number of rotatable bonds is 19. The number of hydrogen-bond donors (Lipinski definition) is 0. The van der Waals surface area contributed by atoms with Gasteiger partial charge in [0.25, 0.3) is 0 Å². The Morgan fingerprint density at radius 1 is 0.538 bits per heavy atom. The van der Waals surface area contributed by atoms with Gasteiger partial charge in [-0.15, -0.1) is 0 Å². The normalized spacial score (nSPS) is 12.6. The Morgan fingerprint density at radius 2 is 0.808 bits per heavy atom. The molecule has 0 rings (SSSR count). The van der Waals surface area contributed by atoms with E-state index in [0.717, 1.165) is 50.0 Å². The van der Waals surface area contributed by atoms with Gasteiger partial charge in [-0.2, -0.15) is 0 Å². The first-order chi connectivity index (χ1) is 12.4. The Bertz CT molecular complexity index is 368. The summed E-state index contributed by atoms with van der Waals surface area (Å²) in [4.78, 5) is 0. The molecule has 0 radical (unpaired) electrons. The maximum absolute atomic E-state index is 12.3. The largest absolute Gasteiger partial charge is 0.389 e. The standard InChI is InChI=1S/C16H36O6P2S2/c1-5-19-23(17,20-6-2)25-15-13-11-9-10-12-14-16-26-24(18,21-7-3)22-8-4/h5-16H2,1-4H3. The summed E-state index contributed by atoms with van der Waals surface area (Å²) in [7, 11) is 0. The van der Waals surface area contributed by atoms with Gasteiger partial charge >= 0.3 is 13.6 Å². The topological polar surface area (TPSA) is 71.1 Å². The summed E-state index contributed by atoms with van der Waals surface area (Å²) in [5, 5.41) is 0. The van der Waals surface area contributed by atoms with E-state index in [1.807, 2.05) is 27.7 Å². The van der Waals surface area contributed by atoms with Crippen LogP contribution in [0.1, 0.15) is 66.2 Å². The van der Waals surface area contributed by atoms with Gasteiger partial charge in [-0.1, -0.05) is 25.7 Å². The van der Waals surface area contributed by atoms with Gasteiger partial charge in [0.05, 0.1) is 26.4 Å². The van der Waals surface area contributed by atoms with Crippen molar-refractivity contribution in [1.29, 1.82) is 0 Å². The zero-order chi connectivity index (χ0) is 19.7. The molecule has 0 aromatic heterocycles. The van der Waals surface area contributed by atoms with Crippen LogP contribution in [0.4, 0.5) is 0 Å². The molecule has 0 spiro atoms. The molecule has 158 valence electrons. The van der Waals surface area contributed by atoms with Gasteiger partial charge in [-0.3, -0.25) is 0 Å². The molecule has 0 bridgehead atoms. The van der Waals surface area contributed by atoms with Crippen LogP contribution >= 0.6 is 36.4 Å². The zero-order valence-electron chi connectivity index (χ0n) is 16.6. The molecule has 0 amide bonds. The third-order valence-corrected chi connectivity index (χ3v) is 11.3. The lowest BCUT2D eigenvalue weighted by atomic mass is 10.1. The van der Waals surface area contributed by atoms with Crippen LogP contribution in [-0.4, -0.2) is 37.9 Å². The quantitative estimate of drug-likeness (QED) is 0.152. The Balaban J connectivity index is 3.67. The van der Waals surface area contributed by atoms with E-state index in [2.05, 4.69) is 0 Å². The highest BCUT2D eigenvalue weighted by Gasteiger charge is 2.24. The molecule has 0 fully saturated rings. The highest BCUT2D eigenvalue weighted by Crippen LogP contribution is 2.61. The first-order valence-electron chi connectivity index (χ1n) is 9.52. The second-order valence-electron chi connectivity index (χ2n) is 5.35. The van der Waals surface area contributed by atoms with Crippen molar-refractivity contribution in [3.8, 4) is 0 Å². The maximum Gasteiger partial charge on any atom is 0.389 e. The molecule has 0 aliphatic carbocycles. The fourth-order valence-electron chi connectivity index (χ4n) is 2.12. The van der Waals surface area contributed by atoms with Crippen LogP contribution in [0.3, 0.4) is 0 Å². The molecule has 0 aromatic rings. The van der Waals surface area contributed by atoms with Crippen LogP contribution in [0, 0.1) is 0 Å². The second-order valence-corrected chi connectivity index (χ2v) is 13.7. The average Bonchev–Trinajstić information content (AvgIpc) is 2.57. The molecule has 0 aliphatic rings. The van der Waals surface area contributed by atoms with Crippen molar-refractivity contribution in [1.82, 2.24) is 0 Å². The maximum atomic E-state index is 12.3. The summed E-state index contributed by atoms with van der Waals surface area (Å²) in [6.45, 7) is 3.01. The minimum Gasteiger partial charge on any atom is -0.301 e. The Morgan fingerprint density at radius 3 is 1.08 bits per heavy atom. The van der Waals surface area contributed by atoms with Crippen LogP contribution in [-0.2, 0) is 27.2 Å². The van der Waals surface area contributed by atoms with E-state index >= 15 is 0 Å². The minimum absolute atomic E-state index is 0.405. The van der Waals surface area contributed by atoms with Gasteiger partial charge in [0.15, 0.2) is 0 Å². The van der Waals surface area contributed by atoms with Crippen LogP contribution in [0.5, 0.6) is 0 Å². The van der Waals surface area contributed by atoms with Crippen LogP contribution in [0.15, 0.2) is 0 Å². The van der Waals surface area contributed by atoms with Crippen LogP contribution in [0.25, 0.3) is 0 Å². The highest BCUT2D eigenvalue weighted by atomic mass is 32.7. The lowest BCUT2D eigenvalue weighted by Crippen LogP contribution is -1.94. The summed E-state index contributed by atoms with van der Waals surface area (Å²) in [5.74, 6) is 1.58.